The van der Waals surface area contributed by atoms with Crippen molar-refractivity contribution in [2.45, 2.75) is 38.1 Å². The number of hydrogen-bond acceptors (Lipinski definition) is 5. The highest BCUT2D eigenvalue weighted by atomic mass is 16.6. The topological polar surface area (TPSA) is 97.0 Å². The smallest absolute Gasteiger partial charge is 0.253 e. The van der Waals surface area contributed by atoms with Gasteiger partial charge < -0.3 is 25.0 Å². The lowest BCUT2D eigenvalue weighted by molar-refractivity contribution is -0.122. The quantitative estimate of drug-likeness (QED) is 0.731. The summed E-state index contributed by atoms with van der Waals surface area (Å²) < 4.78 is 11.2. The van der Waals surface area contributed by atoms with Crippen molar-refractivity contribution in [1.82, 2.24) is 5.32 Å². The maximum atomic E-state index is 13.0. The molecule has 0 spiro atoms. The summed E-state index contributed by atoms with van der Waals surface area (Å²) in [4.78, 5) is 40.1. The molecule has 2 aromatic rings. The fourth-order valence-electron chi connectivity index (χ4n) is 4.69. The second-order valence-electron chi connectivity index (χ2n) is 8.72. The van der Waals surface area contributed by atoms with E-state index in [-0.39, 0.29) is 36.7 Å². The first-order chi connectivity index (χ1) is 16.1. The van der Waals surface area contributed by atoms with Gasteiger partial charge in [-0.15, -0.1) is 0 Å². The summed E-state index contributed by atoms with van der Waals surface area (Å²) in [6.07, 6.45) is 4.33. The molecule has 33 heavy (non-hydrogen) atoms. The first-order valence-electron chi connectivity index (χ1n) is 11.5. The molecule has 5 rings (SSSR count). The highest BCUT2D eigenvalue weighted by Gasteiger charge is 2.36. The summed E-state index contributed by atoms with van der Waals surface area (Å²) in [6.45, 7) is 1.22. The van der Waals surface area contributed by atoms with Crippen molar-refractivity contribution >= 4 is 29.1 Å². The number of amides is 3. The van der Waals surface area contributed by atoms with Gasteiger partial charge in [-0.1, -0.05) is 25.0 Å². The van der Waals surface area contributed by atoms with Gasteiger partial charge in [0.05, 0.1) is 17.2 Å². The Bertz CT molecular complexity index is 1080. The van der Waals surface area contributed by atoms with E-state index < -0.39 is 5.92 Å². The van der Waals surface area contributed by atoms with Crippen molar-refractivity contribution in [1.29, 1.82) is 0 Å². The largest absolute Gasteiger partial charge is 0.486 e. The van der Waals surface area contributed by atoms with E-state index in [4.69, 9.17) is 9.47 Å². The zero-order valence-corrected chi connectivity index (χ0v) is 18.3. The number of hydrogen-bond donors (Lipinski definition) is 2. The van der Waals surface area contributed by atoms with Crippen LogP contribution >= 0.6 is 0 Å². The number of carbonyl (C=O) groups excluding carboxylic acids is 3. The van der Waals surface area contributed by atoms with Crippen LogP contribution in [-0.2, 0) is 9.59 Å². The minimum atomic E-state index is -0.517. The molecular weight excluding hydrogens is 422 g/mol. The van der Waals surface area contributed by atoms with Crippen molar-refractivity contribution in [3.05, 3.63) is 48.0 Å². The molecule has 1 aliphatic carbocycles. The molecule has 1 saturated carbocycles. The number of anilines is 2. The summed E-state index contributed by atoms with van der Waals surface area (Å²) in [5.74, 6) is 0.151. The molecule has 3 aliphatic rings. The van der Waals surface area contributed by atoms with Gasteiger partial charge in [0.2, 0.25) is 11.8 Å². The minimum absolute atomic E-state index is 0.108. The third kappa shape index (κ3) is 4.51. The zero-order valence-electron chi connectivity index (χ0n) is 18.3. The standard InChI is InChI=1S/C25H27N3O5/c29-23-13-16(15-28(23)18-9-10-21-22(14-18)33-12-11-32-21)24(30)27-20-8-4-3-7-19(20)25(31)26-17-5-1-2-6-17/h3-4,7-10,14,16-17H,1-2,5-6,11-13,15H2,(H,26,31)(H,27,30)/t16-/m0/s1. The third-order valence-electron chi connectivity index (χ3n) is 6.45. The van der Waals surface area contributed by atoms with Crippen molar-refractivity contribution in [3.63, 3.8) is 0 Å². The first-order valence-corrected chi connectivity index (χ1v) is 11.5. The van der Waals surface area contributed by atoms with Gasteiger partial charge in [0.15, 0.2) is 11.5 Å². The Balaban J connectivity index is 1.26. The number of ether oxygens (including phenoxy) is 2. The van der Waals surface area contributed by atoms with Gasteiger partial charge >= 0.3 is 0 Å². The molecule has 2 N–H and O–H groups in total. The molecule has 0 unspecified atom stereocenters. The van der Waals surface area contributed by atoms with Gasteiger partial charge in [-0.3, -0.25) is 14.4 Å². The molecule has 2 fully saturated rings. The molecule has 1 saturated heterocycles. The Morgan fingerprint density at radius 1 is 0.970 bits per heavy atom. The minimum Gasteiger partial charge on any atom is -0.486 e. The van der Waals surface area contributed by atoms with Crippen LogP contribution in [0.15, 0.2) is 42.5 Å². The fraction of sp³-hybridized carbons (Fsp3) is 0.400. The highest BCUT2D eigenvalue weighted by Crippen LogP contribution is 2.36. The van der Waals surface area contributed by atoms with E-state index in [0.717, 1.165) is 25.7 Å². The first kappa shape index (κ1) is 21.3. The molecule has 2 heterocycles. The molecule has 172 valence electrons. The van der Waals surface area contributed by atoms with Crippen molar-refractivity contribution in [2.75, 3.05) is 30.0 Å². The summed E-state index contributed by atoms with van der Waals surface area (Å²) in [5, 5.41) is 5.94. The number of rotatable bonds is 5. The predicted molar refractivity (Wildman–Crippen MR) is 123 cm³/mol. The van der Waals surface area contributed by atoms with Crippen LogP contribution in [0, 0.1) is 5.92 Å². The summed E-state index contributed by atoms with van der Waals surface area (Å²) in [5.41, 5.74) is 1.57. The van der Waals surface area contributed by atoms with Crippen molar-refractivity contribution < 1.29 is 23.9 Å². The van der Waals surface area contributed by atoms with E-state index >= 15 is 0 Å². The van der Waals surface area contributed by atoms with Crippen LogP contribution in [0.25, 0.3) is 0 Å². The molecular formula is C25H27N3O5. The number of nitrogens with zero attached hydrogens (tertiary/aromatic N) is 1. The highest BCUT2D eigenvalue weighted by molar-refractivity contribution is 6.07. The fourth-order valence-corrected chi connectivity index (χ4v) is 4.69. The van der Waals surface area contributed by atoms with E-state index in [1.165, 1.54) is 0 Å². The Labute approximate surface area is 192 Å². The summed E-state index contributed by atoms with van der Waals surface area (Å²) in [7, 11) is 0. The van der Waals surface area contributed by atoms with Crippen molar-refractivity contribution in [3.8, 4) is 11.5 Å². The van der Waals surface area contributed by atoms with Gasteiger partial charge in [-0.05, 0) is 37.1 Å². The van der Waals surface area contributed by atoms with E-state index in [1.54, 1.807) is 47.4 Å². The Morgan fingerprint density at radius 2 is 1.73 bits per heavy atom. The molecule has 2 aliphatic heterocycles. The SMILES string of the molecule is O=C(NC1CCCC1)c1ccccc1NC(=O)[C@H]1CC(=O)N(c2ccc3c(c2)OCCO3)C1. The maximum absolute atomic E-state index is 13.0. The molecule has 0 aromatic heterocycles. The second kappa shape index (κ2) is 9.13. The van der Waals surface area contributed by atoms with E-state index in [2.05, 4.69) is 10.6 Å². The predicted octanol–water partition coefficient (Wildman–Crippen LogP) is 3.12. The van der Waals surface area contributed by atoms with Gasteiger partial charge in [0, 0.05) is 30.8 Å². The Morgan fingerprint density at radius 3 is 2.55 bits per heavy atom. The van der Waals surface area contributed by atoms with Crippen LogP contribution in [0.2, 0.25) is 0 Å². The number of para-hydroxylation sites is 1. The Kier molecular flexibility index (Phi) is 5.90. The second-order valence-corrected chi connectivity index (χ2v) is 8.72. The molecule has 3 amide bonds. The lowest BCUT2D eigenvalue weighted by Crippen LogP contribution is -2.34. The van der Waals surface area contributed by atoms with Crippen LogP contribution in [0.3, 0.4) is 0 Å². The van der Waals surface area contributed by atoms with E-state index in [0.29, 0.717) is 41.7 Å². The zero-order chi connectivity index (χ0) is 22.8. The molecule has 1 atom stereocenters. The monoisotopic (exact) mass is 449 g/mol. The van der Waals surface area contributed by atoms with Crippen LogP contribution in [0.1, 0.15) is 42.5 Å². The van der Waals surface area contributed by atoms with Crippen LogP contribution in [0.5, 0.6) is 11.5 Å². The number of fused-ring (bicyclic) bond motifs is 1. The average molecular weight is 450 g/mol. The molecule has 0 bridgehead atoms. The van der Waals surface area contributed by atoms with Crippen LogP contribution < -0.4 is 25.0 Å². The molecule has 2 aromatic carbocycles. The molecule has 8 nitrogen and oxygen atoms in total. The third-order valence-corrected chi connectivity index (χ3v) is 6.45. The van der Waals surface area contributed by atoms with Gasteiger partial charge in [0.25, 0.3) is 5.91 Å². The normalized spacial score (nSPS) is 20.1. The Hall–Kier alpha value is -3.55. The van der Waals surface area contributed by atoms with E-state index in [1.807, 2.05) is 0 Å². The van der Waals surface area contributed by atoms with Crippen LogP contribution in [0.4, 0.5) is 11.4 Å². The molecule has 8 heteroatoms. The number of benzene rings is 2. The van der Waals surface area contributed by atoms with Crippen LogP contribution in [-0.4, -0.2) is 43.5 Å². The summed E-state index contributed by atoms with van der Waals surface area (Å²) in [6, 6.07) is 12.5. The molecule has 0 radical (unpaired) electrons. The average Bonchev–Trinajstić information content (AvgIpc) is 3.48. The number of nitrogens with one attached hydrogen (secondary N) is 2. The van der Waals surface area contributed by atoms with Gasteiger partial charge in [-0.25, -0.2) is 0 Å². The lowest BCUT2D eigenvalue weighted by atomic mass is 10.1. The summed E-state index contributed by atoms with van der Waals surface area (Å²) >= 11 is 0. The van der Waals surface area contributed by atoms with Gasteiger partial charge in [0.1, 0.15) is 13.2 Å². The lowest BCUT2D eigenvalue weighted by Gasteiger charge is -2.22. The maximum Gasteiger partial charge on any atom is 0.253 e. The number of carbonyl (C=O) groups is 3. The van der Waals surface area contributed by atoms with E-state index in [9.17, 15) is 14.4 Å². The van der Waals surface area contributed by atoms with Gasteiger partial charge in [-0.2, -0.15) is 0 Å². The van der Waals surface area contributed by atoms with Crippen molar-refractivity contribution in [2.24, 2.45) is 5.92 Å².